The molecule has 1 fully saturated rings. The van der Waals surface area contributed by atoms with Crippen LogP contribution in [0, 0.1) is 5.92 Å². The van der Waals surface area contributed by atoms with Gasteiger partial charge < -0.3 is 10.4 Å². The molecule has 0 aliphatic carbocycles. The largest absolute Gasteiger partial charge is 0.392 e. The zero-order valence-electron chi connectivity index (χ0n) is 13.0. The van der Waals surface area contributed by atoms with Crippen LogP contribution in [0.4, 0.5) is 0 Å². The van der Waals surface area contributed by atoms with Gasteiger partial charge in [0.1, 0.15) is 0 Å². The number of hydrogen-bond acceptors (Lipinski definition) is 3. The van der Waals surface area contributed by atoms with Crippen molar-refractivity contribution in [3.05, 3.63) is 35.4 Å². The summed E-state index contributed by atoms with van der Waals surface area (Å²) in [6, 6.07) is 8.21. The van der Waals surface area contributed by atoms with Gasteiger partial charge in [0.2, 0.25) is 5.91 Å². The van der Waals surface area contributed by atoms with E-state index in [-0.39, 0.29) is 17.9 Å². The van der Waals surface area contributed by atoms with Crippen molar-refractivity contribution in [3.8, 4) is 0 Å². The van der Waals surface area contributed by atoms with Gasteiger partial charge in [-0.3, -0.25) is 9.69 Å². The van der Waals surface area contributed by atoms with Crippen LogP contribution in [0.25, 0.3) is 0 Å². The molecule has 21 heavy (non-hydrogen) atoms. The summed E-state index contributed by atoms with van der Waals surface area (Å²) in [7, 11) is 0. The maximum absolute atomic E-state index is 11.9. The van der Waals surface area contributed by atoms with Crippen molar-refractivity contribution in [3.63, 3.8) is 0 Å². The van der Waals surface area contributed by atoms with Gasteiger partial charge in [0.15, 0.2) is 0 Å². The summed E-state index contributed by atoms with van der Waals surface area (Å²) in [6.45, 7) is 7.08. The highest BCUT2D eigenvalue weighted by molar-refractivity contribution is 5.78. The van der Waals surface area contributed by atoms with Gasteiger partial charge in [-0.15, -0.1) is 0 Å². The summed E-state index contributed by atoms with van der Waals surface area (Å²) in [6.07, 6.45) is 1.52. The molecular formula is C17H26N2O2. The van der Waals surface area contributed by atoms with Crippen molar-refractivity contribution >= 4 is 5.91 Å². The number of benzene rings is 1. The van der Waals surface area contributed by atoms with Gasteiger partial charge in [0, 0.05) is 32.1 Å². The lowest BCUT2D eigenvalue weighted by atomic mass is 10.1. The number of rotatable bonds is 6. The molecule has 1 amide bonds. The molecular weight excluding hydrogens is 264 g/mol. The molecule has 4 heteroatoms. The molecule has 1 aliphatic rings. The Kier molecular flexibility index (Phi) is 5.76. The minimum atomic E-state index is -0.192. The summed E-state index contributed by atoms with van der Waals surface area (Å²) in [5.74, 6) is 0.176. The van der Waals surface area contributed by atoms with E-state index in [4.69, 9.17) is 0 Å². The number of nitrogens with one attached hydrogen (secondary N) is 1. The highest BCUT2D eigenvalue weighted by atomic mass is 16.3. The van der Waals surface area contributed by atoms with Gasteiger partial charge in [-0.05, 0) is 24.0 Å². The molecule has 0 unspecified atom stereocenters. The first-order valence-electron chi connectivity index (χ1n) is 7.85. The fraction of sp³-hybridized carbons (Fsp3) is 0.588. The number of hydrogen-bond donors (Lipinski definition) is 2. The number of likely N-dealkylation sites (tertiary alicyclic amines) is 1. The Morgan fingerprint density at radius 3 is 2.76 bits per heavy atom. The SMILES string of the molecule is CC[C@H](C)C(=O)NCc1ccccc1CN1CC[C@@H](O)C1. The van der Waals surface area contributed by atoms with Crippen molar-refractivity contribution in [1.29, 1.82) is 0 Å². The van der Waals surface area contributed by atoms with E-state index in [0.29, 0.717) is 6.54 Å². The van der Waals surface area contributed by atoms with Gasteiger partial charge >= 0.3 is 0 Å². The van der Waals surface area contributed by atoms with Crippen molar-refractivity contribution in [2.24, 2.45) is 5.92 Å². The van der Waals surface area contributed by atoms with Gasteiger partial charge in [-0.1, -0.05) is 38.1 Å². The molecule has 0 saturated carbocycles. The predicted octanol–water partition coefficient (Wildman–Crippen LogP) is 1.92. The van der Waals surface area contributed by atoms with Crippen LogP contribution in [0.3, 0.4) is 0 Å². The summed E-state index contributed by atoms with van der Waals surface area (Å²) in [5.41, 5.74) is 2.39. The Bertz CT molecular complexity index is 476. The highest BCUT2D eigenvalue weighted by Gasteiger charge is 2.20. The molecule has 2 rings (SSSR count). The monoisotopic (exact) mass is 290 g/mol. The van der Waals surface area contributed by atoms with E-state index in [2.05, 4.69) is 22.3 Å². The number of β-amino-alcohol motifs (C(OH)–C–C–N with tert-alkyl or cyclic N) is 1. The van der Waals surface area contributed by atoms with Gasteiger partial charge in [-0.25, -0.2) is 0 Å². The molecule has 1 aromatic carbocycles. The molecule has 1 aromatic rings. The molecule has 1 saturated heterocycles. The lowest BCUT2D eigenvalue weighted by molar-refractivity contribution is -0.124. The predicted molar refractivity (Wildman–Crippen MR) is 83.6 cm³/mol. The summed E-state index contributed by atoms with van der Waals surface area (Å²) in [4.78, 5) is 14.2. The van der Waals surface area contributed by atoms with Gasteiger partial charge in [0.25, 0.3) is 0 Å². The summed E-state index contributed by atoms with van der Waals surface area (Å²) in [5, 5.41) is 12.6. The van der Waals surface area contributed by atoms with E-state index >= 15 is 0 Å². The molecule has 0 spiro atoms. The normalized spacial score (nSPS) is 20.4. The molecule has 4 nitrogen and oxygen atoms in total. The van der Waals surface area contributed by atoms with Crippen LogP contribution in [-0.2, 0) is 17.9 Å². The van der Waals surface area contributed by atoms with Crippen molar-refractivity contribution in [1.82, 2.24) is 10.2 Å². The first-order valence-corrected chi connectivity index (χ1v) is 7.85. The van der Waals surface area contributed by atoms with Crippen molar-refractivity contribution in [2.45, 2.75) is 45.9 Å². The average Bonchev–Trinajstić information content (AvgIpc) is 2.90. The number of nitrogens with zero attached hydrogens (tertiary/aromatic N) is 1. The lowest BCUT2D eigenvalue weighted by Crippen LogP contribution is -2.29. The van der Waals surface area contributed by atoms with Crippen LogP contribution in [0.15, 0.2) is 24.3 Å². The second-order valence-corrected chi connectivity index (χ2v) is 5.97. The zero-order chi connectivity index (χ0) is 15.2. The standard InChI is InChI=1S/C17H26N2O2/c1-3-13(2)17(21)18-10-14-6-4-5-7-15(14)11-19-9-8-16(20)12-19/h4-7,13,16,20H,3,8-12H2,1-2H3,(H,18,21)/t13-,16+/m0/s1. The van der Waals surface area contributed by atoms with E-state index in [1.54, 1.807) is 0 Å². The molecule has 2 atom stereocenters. The highest BCUT2D eigenvalue weighted by Crippen LogP contribution is 2.16. The lowest BCUT2D eigenvalue weighted by Gasteiger charge is -2.18. The molecule has 0 bridgehead atoms. The fourth-order valence-corrected chi connectivity index (χ4v) is 2.62. The second-order valence-electron chi connectivity index (χ2n) is 5.97. The number of carbonyl (C=O) groups excluding carboxylic acids is 1. The maximum Gasteiger partial charge on any atom is 0.223 e. The van der Waals surface area contributed by atoms with E-state index in [0.717, 1.165) is 38.0 Å². The first kappa shape index (κ1) is 16.0. The van der Waals surface area contributed by atoms with Crippen molar-refractivity contribution < 1.29 is 9.90 Å². The van der Waals surface area contributed by atoms with E-state index in [1.807, 2.05) is 26.0 Å². The van der Waals surface area contributed by atoms with Crippen LogP contribution >= 0.6 is 0 Å². The minimum Gasteiger partial charge on any atom is -0.392 e. The third-order valence-electron chi connectivity index (χ3n) is 4.27. The van der Waals surface area contributed by atoms with E-state index in [1.165, 1.54) is 5.56 Å². The first-order chi connectivity index (χ1) is 10.1. The quantitative estimate of drug-likeness (QED) is 0.841. The Labute approximate surface area is 127 Å². The smallest absolute Gasteiger partial charge is 0.223 e. The molecule has 0 aromatic heterocycles. The number of aliphatic hydroxyl groups is 1. The Morgan fingerprint density at radius 2 is 2.14 bits per heavy atom. The van der Waals surface area contributed by atoms with E-state index in [9.17, 15) is 9.90 Å². The molecule has 116 valence electrons. The number of carbonyl (C=O) groups is 1. The Morgan fingerprint density at radius 1 is 1.43 bits per heavy atom. The molecule has 1 aliphatic heterocycles. The third-order valence-corrected chi connectivity index (χ3v) is 4.27. The Balaban J connectivity index is 1.95. The van der Waals surface area contributed by atoms with Crippen LogP contribution < -0.4 is 5.32 Å². The van der Waals surface area contributed by atoms with Gasteiger partial charge in [0.05, 0.1) is 6.10 Å². The summed E-state index contributed by atoms with van der Waals surface area (Å²) >= 11 is 0. The molecule has 2 N–H and O–H groups in total. The average molecular weight is 290 g/mol. The fourth-order valence-electron chi connectivity index (χ4n) is 2.62. The minimum absolute atomic E-state index is 0.0610. The van der Waals surface area contributed by atoms with Crippen LogP contribution in [0.5, 0.6) is 0 Å². The van der Waals surface area contributed by atoms with Crippen LogP contribution in [-0.4, -0.2) is 35.1 Å². The molecule has 1 heterocycles. The number of amides is 1. The number of aliphatic hydroxyl groups excluding tert-OH is 1. The van der Waals surface area contributed by atoms with Crippen LogP contribution in [0.2, 0.25) is 0 Å². The van der Waals surface area contributed by atoms with Gasteiger partial charge in [-0.2, -0.15) is 0 Å². The topological polar surface area (TPSA) is 52.6 Å². The summed E-state index contributed by atoms with van der Waals surface area (Å²) < 4.78 is 0. The Hall–Kier alpha value is -1.39. The zero-order valence-corrected chi connectivity index (χ0v) is 13.0. The third kappa shape index (κ3) is 4.55. The van der Waals surface area contributed by atoms with E-state index < -0.39 is 0 Å². The maximum atomic E-state index is 11.9. The van der Waals surface area contributed by atoms with Crippen molar-refractivity contribution in [2.75, 3.05) is 13.1 Å². The second kappa shape index (κ2) is 7.57. The molecule has 0 radical (unpaired) electrons. The van der Waals surface area contributed by atoms with Crippen LogP contribution in [0.1, 0.15) is 37.8 Å².